The number of nitrogens with one attached hydrogen (secondary N) is 1. The number of Topliss-reactive ketones (excluding diaryl/α,β-unsaturated/α-hetero) is 1. The van der Waals surface area contributed by atoms with E-state index in [1.807, 2.05) is 0 Å². The lowest BCUT2D eigenvalue weighted by Gasteiger charge is -2.43. The van der Waals surface area contributed by atoms with Crippen LogP contribution in [0.25, 0.3) is 0 Å². The summed E-state index contributed by atoms with van der Waals surface area (Å²) >= 11 is -0.0166. The Morgan fingerprint density at radius 2 is 1.08 bits per heavy atom. The van der Waals surface area contributed by atoms with Gasteiger partial charge < -0.3 is 14.9 Å². The van der Waals surface area contributed by atoms with Crippen LogP contribution in [0.3, 0.4) is 0 Å². The smallest absolute Gasteiger partial charge is 0.460 e. The number of carbonyl (C=O) groups is 2. The molecule has 0 heterocycles. The van der Waals surface area contributed by atoms with Gasteiger partial charge in [0.05, 0.1) is 26.4 Å². The van der Waals surface area contributed by atoms with Crippen molar-refractivity contribution in [2.45, 2.75) is 73.3 Å². The number of carbonyl (C=O) groups excluding carboxylic acids is 1. The van der Waals surface area contributed by atoms with Crippen LogP contribution < -0.4 is 5.32 Å². The van der Waals surface area contributed by atoms with E-state index < -0.39 is 89.2 Å². The average Bonchev–Trinajstić information content (AvgIpc) is 2.88. The number of likely N-dealkylation sites (N-methyl/N-ethyl adjacent to an activating group) is 1. The summed E-state index contributed by atoms with van der Waals surface area (Å²) in [5, 5.41) is 11.6. The summed E-state index contributed by atoms with van der Waals surface area (Å²) in [6.45, 7) is 1.62. The van der Waals surface area contributed by atoms with Crippen LogP contribution in [0.5, 0.6) is 0 Å². The normalized spacial score (nSPS) is 15.9. The van der Waals surface area contributed by atoms with E-state index in [2.05, 4.69) is 5.32 Å². The van der Waals surface area contributed by atoms with Gasteiger partial charge in [-0.15, -0.1) is 0 Å². The number of quaternary nitrogens is 1. The van der Waals surface area contributed by atoms with Crippen molar-refractivity contribution in [3.05, 3.63) is 0 Å². The summed E-state index contributed by atoms with van der Waals surface area (Å²) in [5.41, 5.74) is 0. The van der Waals surface area contributed by atoms with Gasteiger partial charge in [-0.2, -0.15) is 95.2 Å². The number of alkyl halides is 19. The zero-order valence-electron chi connectivity index (χ0n) is 24.5. The highest BCUT2D eigenvalue weighted by Crippen LogP contribution is 2.65. The molecule has 0 aromatic rings. The number of carboxylic acids is 1. The van der Waals surface area contributed by atoms with E-state index in [-0.39, 0.29) is 35.9 Å². The largest absolute Gasteiger partial charge is 0.477 e. The lowest BCUT2D eigenvalue weighted by molar-refractivity contribution is -0.883. The second-order valence-electron chi connectivity index (χ2n) is 11.2. The summed E-state index contributed by atoms with van der Waals surface area (Å²) in [7, 11) is 3.23. The second kappa shape index (κ2) is 14.7. The fourth-order valence-corrected chi connectivity index (χ4v) is 4.61. The first-order chi connectivity index (χ1) is 20.9. The summed E-state index contributed by atoms with van der Waals surface area (Å²) in [4.78, 5) is 22.9. The first kappa shape index (κ1) is 46.1. The Labute approximate surface area is 263 Å². The van der Waals surface area contributed by atoms with Crippen LogP contribution in [-0.4, -0.2) is 127 Å². The molecule has 5 nitrogen and oxygen atoms in total. The van der Waals surface area contributed by atoms with Crippen molar-refractivity contribution in [3.8, 4) is 0 Å². The summed E-state index contributed by atoms with van der Waals surface area (Å²) in [5.74, 6) is -71.9. The van der Waals surface area contributed by atoms with Gasteiger partial charge in [-0.1, -0.05) is 6.92 Å². The molecule has 0 amide bonds. The molecule has 0 rings (SSSR count). The van der Waals surface area contributed by atoms with Crippen molar-refractivity contribution in [2.75, 3.05) is 51.8 Å². The van der Waals surface area contributed by atoms with Crippen molar-refractivity contribution >= 4 is 23.5 Å². The molecule has 0 aromatic carbocycles. The maximum absolute atomic E-state index is 14.0. The number of thioether (sulfide) groups is 1. The molecule has 0 fully saturated rings. The number of carboxylic acid groups (broad SMARTS) is 1. The van der Waals surface area contributed by atoms with Crippen molar-refractivity contribution in [1.82, 2.24) is 5.32 Å². The Morgan fingerprint density at radius 1 is 0.688 bits per heavy atom. The summed E-state index contributed by atoms with van der Waals surface area (Å²) < 4.78 is 255. The Balaban J connectivity index is 5.59. The Morgan fingerprint density at radius 3 is 1.48 bits per heavy atom. The molecule has 0 spiro atoms. The number of hydrogen-bond acceptors (Lipinski definition) is 4. The zero-order valence-corrected chi connectivity index (χ0v) is 25.4. The van der Waals surface area contributed by atoms with Crippen LogP contribution >= 0.6 is 11.8 Å². The van der Waals surface area contributed by atoms with E-state index in [4.69, 9.17) is 5.11 Å². The third-order valence-corrected chi connectivity index (χ3v) is 7.65. The summed E-state index contributed by atoms with van der Waals surface area (Å²) in [6, 6.07) is 0. The van der Waals surface area contributed by atoms with Gasteiger partial charge in [0.15, 0.2) is 6.54 Å². The maximum Gasteiger partial charge on any atom is 0.460 e. The Bertz CT molecular complexity index is 1110. The number of hydrogen-bond donors (Lipinski definition) is 2. The van der Waals surface area contributed by atoms with Crippen LogP contribution in [0.4, 0.5) is 83.4 Å². The lowest BCUT2D eigenvalue weighted by atomic mass is 9.87. The van der Waals surface area contributed by atoms with Crippen LogP contribution in [-0.2, 0) is 9.59 Å². The van der Waals surface area contributed by atoms with E-state index in [9.17, 15) is 93.0 Å². The van der Waals surface area contributed by atoms with Gasteiger partial charge in [0.25, 0.3) is 0 Å². The molecular formula is C23H28F19N2O3S+. The van der Waals surface area contributed by atoms with E-state index in [1.54, 1.807) is 14.1 Å². The van der Waals surface area contributed by atoms with Crippen molar-refractivity contribution in [2.24, 2.45) is 5.92 Å². The van der Waals surface area contributed by atoms with Gasteiger partial charge >= 0.3 is 59.5 Å². The molecule has 1 atom stereocenters. The van der Waals surface area contributed by atoms with Gasteiger partial charge in [0.2, 0.25) is 0 Å². The van der Waals surface area contributed by atoms with Gasteiger partial charge in [-0.05, 0) is 5.75 Å². The Kier molecular flexibility index (Phi) is 14.2. The van der Waals surface area contributed by atoms with Crippen molar-refractivity contribution in [1.29, 1.82) is 0 Å². The monoisotopic (exact) mass is 773 g/mol. The number of nitrogens with zero attached hydrogens (tertiary/aromatic N) is 1. The molecule has 0 radical (unpaired) electrons. The minimum absolute atomic E-state index is 0.0166. The topological polar surface area (TPSA) is 66.4 Å². The molecular weight excluding hydrogens is 745 g/mol. The Hall–Kier alpha value is -1.92. The minimum atomic E-state index is -8.96. The standard InChI is InChI=1S/C23H27F19N2O3S/c1-12(9-43-6-4-7-44(2,3)10-14(46)47)13(45)11-48-8-5-15(24,25)16(26,27)17(28,29)18(30,31)19(32,33)20(34,35)21(36,37)22(38,39)23(40,41)42/h12,43H,4-11H2,1-3H3/p+1. The highest BCUT2D eigenvalue weighted by atomic mass is 32.2. The van der Waals surface area contributed by atoms with Gasteiger partial charge in [-0.3, -0.25) is 4.79 Å². The zero-order chi connectivity index (χ0) is 38.8. The van der Waals surface area contributed by atoms with E-state index in [0.717, 1.165) is 0 Å². The molecule has 0 saturated carbocycles. The van der Waals surface area contributed by atoms with E-state index >= 15 is 0 Å². The van der Waals surface area contributed by atoms with Gasteiger partial charge in [-0.25, -0.2) is 4.79 Å². The quantitative estimate of drug-likeness (QED) is 0.0741. The molecule has 0 aromatic heterocycles. The number of aliphatic carboxylic acids is 1. The first-order valence-corrected chi connectivity index (χ1v) is 14.0. The molecule has 25 heteroatoms. The van der Waals surface area contributed by atoms with Crippen molar-refractivity contribution in [3.63, 3.8) is 0 Å². The number of rotatable bonds is 21. The van der Waals surface area contributed by atoms with Crippen LogP contribution in [0, 0.1) is 5.92 Å². The molecule has 0 saturated heterocycles. The van der Waals surface area contributed by atoms with Crippen LogP contribution in [0.1, 0.15) is 19.8 Å². The number of ketones is 1. The molecule has 286 valence electrons. The van der Waals surface area contributed by atoms with Gasteiger partial charge in [0, 0.05) is 31.8 Å². The molecule has 2 N–H and O–H groups in total. The fourth-order valence-electron chi connectivity index (χ4n) is 3.58. The first-order valence-electron chi connectivity index (χ1n) is 12.9. The highest BCUT2D eigenvalue weighted by molar-refractivity contribution is 7.99. The summed E-state index contributed by atoms with van der Waals surface area (Å²) in [6.07, 6.45) is -10.2. The average molecular weight is 774 g/mol. The molecule has 48 heavy (non-hydrogen) atoms. The second-order valence-corrected chi connectivity index (χ2v) is 12.3. The predicted octanol–water partition coefficient (Wildman–Crippen LogP) is 7.10. The van der Waals surface area contributed by atoms with E-state index in [0.29, 0.717) is 13.0 Å². The molecule has 1 unspecified atom stereocenters. The highest BCUT2D eigenvalue weighted by Gasteiger charge is 2.96. The van der Waals surface area contributed by atoms with Crippen LogP contribution in [0.2, 0.25) is 0 Å². The molecule has 0 aliphatic carbocycles. The van der Waals surface area contributed by atoms with Crippen LogP contribution in [0.15, 0.2) is 0 Å². The predicted molar refractivity (Wildman–Crippen MR) is 129 cm³/mol. The lowest BCUT2D eigenvalue weighted by Crippen LogP contribution is -2.75. The van der Waals surface area contributed by atoms with Gasteiger partial charge in [0.1, 0.15) is 5.78 Å². The third-order valence-electron chi connectivity index (χ3n) is 6.67. The SMILES string of the molecule is CC(CNCCC[N+](C)(C)CC(=O)O)C(=O)CSCCC(F)(F)C(F)(F)C(F)(F)C(F)(F)C(F)(F)C(F)(F)C(F)(F)C(F)(F)C(F)(F)F. The van der Waals surface area contributed by atoms with Crippen molar-refractivity contribution < 1.29 is 103 Å². The minimum Gasteiger partial charge on any atom is -0.477 e. The van der Waals surface area contributed by atoms with E-state index in [1.165, 1.54) is 6.92 Å². The molecule has 0 aliphatic heterocycles. The molecule has 0 bridgehead atoms. The third kappa shape index (κ3) is 8.86. The molecule has 0 aliphatic rings. The number of halogens is 19. The maximum atomic E-state index is 14.0. The fraction of sp³-hybridized carbons (Fsp3) is 0.913.